The molecule has 2 aromatic rings. The zero-order valence-electron chi connectivity index (χ0n) is 12.1. The monoisotopic (exact) mass is 299 g/mol. The van der Waals surface area contributed by atoms with E-state index in [-0.39, 0.29) is 5.56 Å². The third-order valence-electron chi connectivity index (χ3n) is 3.05. The standard InChI is InChI=1S/C16H17N3OS/c1-3-5-13-8-15(20)19-16(18-13)12(4-2)7-14-6-11(9-17)10-21-14/h6-8,10H,3-5H2,1-2H3,(H,18,19,20)/b12-7-. The minimum Gasteiger partial charge on any atom is -0.307 e. The SMILES string of the molecule is CCCc1cc(=O)[nH]c(/C(=C\c2cc(C#N)cs2)CC)n1. The van der Waals surface area contributed by atoms with E-state index in [2.05, 4.69) is 23.0 Å². The van der Waals surface area contributed by atoms with Crippen molar-refractivity contribution >= 4 is 23.0 Å². The molecule has 0 unspecified atom stereocenters. The molecular weight excluding hydrogens is 282 g/mol. The maximum atomic E-state index is 11.7. The molecule has 0 spiro atoms. The van der Waals surface area contributed by atoms with E-state index in [0.717, 1.165) is 35.4 Å². The molecule has 0 amide bonds. The van der Waals surface area contributed by atoms with Crippen LogP contribution in [0.4, 0.5) is 0 Å². The first kappa shape index (κ1) is 15.2. The quantitative estimate of drug-likeness (QED) is 0.917. The van der Waals surface area contributed by atoms with E-state index in [1.54, 1.807) is 6.07 Å². The van der Waals surface area contributed by atoms with Gasteiger partial charge < -0.3 is 4.98 Å². The van der Waals surface area contributed by atoms with Crippen molar-refractivity contribution in [1.29, 1.82) is 5.26 Å². The van der Waals surface area contributed by atoms with Gasteiger partial charge in [-0.2, -0.15) is 5.26 Å². The van der Waals surface area contributed by atoms with Crippen molar-refractivity contribution in [2.24, 2.45) is 0 Å². The summed E-state index contributed by atoms with van der Waals surface area (Å²) in [6.07, 6.45) is 4.50. The molecule has 0 aliphatic heterocycles. The van der Waals surface area contributed by atoms with Gasteiger partial charge in [-0.05, 0) is 30.6 Å². The number of hydrogen-bond donors (Lipinski definition) is 1. The highest BCUT2D eigenvalue weighted by molar-refractivity contribution is 7.11. The number of hydrogen-bond acceptors (Lipinski definition) is 4. The number of thiophene rings is 1. The van der Waals surface area contributed by atoms with Crippen molar-refractivity contribution in [3.05, 3.63) is 49.8 Å². The summed E-state index contributed by atoms with van der Waals surface area (Å²) >= 11 is 1.51. The van der Waals surface area contributed by atoms with Crippen molar-refractivity contribution in [2.75, 3.05) is 0 Å². The fraction of sp³-hybridized carbons (Fsp3) is 0.312. The highest BCUT2D eigenvalue weighted by Crippen LogP contribution is 2.22. The predicted molar refractivity (Wildman–Crippen MR) is 86.0 cm³/mol. The van der Waals surface area contributed by atoms with E-state index >= 15 is 0 Å². The van der Waals surface area contributed by atoms with Crippen LogP contribution in [-0.4, -0.2) is 9.97 Å². The summed E-state index contributed by atoms with van der Waals surface area (Å²) in [5.41, 5.74) is 2.32. The van der Waals surface area contributed by atoms with Crippen LogP contribution >= 0.6 is 11.3 Å². The Kier molecular flexibility index (Phi) is 5.07. The fourth-order valence-corrected chi connectivity index (χ4v) is 2.83. The summed E-state index contributed by atoms with van der Waals surface area (Å²) in [7, 11) is 0. The minimum atomic E-state index is -0.119. The van der Waals surface area contributed by atoms with Crippen molar-refractivity contribution in [3.8, 4) is 6.07 Å². The largest absolute Gasteiger partial charge is 0.307 e. The lowest BCUT2D eigenvalue weighted by atomic mass is 10.1. The van der Waals surface area contributed by atoms with E-state index in [0.29, 0.717) is 11.4 Å². The van der Waals surface area contributed by atoms with Crippen LogP contribution in [0.1, 0.15) is 48.6 Å². The Labute approximate surface area is 127 Å². The van der Waals surface area contributed by atoms with E-state index < -0.39 is 0 Å². The Morgan fingerprint density at radius 3 is 2.90 bits per heavy atom. The fourth-order valence-electron chi connectivity index (χ4n) is 2.04. The summed E-state index contributed by atoms with van der Waals surface area (Å²) in [6.45, 7) is 4.09. The summed E-state index contributed by atoms with van der Waals surface area (Å²) in [5, 5.41) is 10.7. The molecule has 108 valence electrons. The number of nitrogens with zero attached hydrogens (tertiary/aromatic N) is 2. The van der Waals surface area contributed by atoms with Crippen LogP contribution in [0.2, 0.25) is 0 Å². The topological polar surface area (TPSA) is 69.5 Å². The second-order valence-corrected chi connectivity index (χ2v) is 5.65. The lowest BCUT2D eigenvalue weighted by Gasteiger charge is -2.06. The van der Waals surface area contributed by atoms with E-state index in [9.17, 15) is 4.79 Å². The zero-order chi connectivity index (χ0) is 15.2. The molecule has 2 rings (SSSR count). The molecule has 0 bridgehead atoms. The number of aromatic amines is 1. The number of H-pyrrole nitrogens is 1. The average Bonchev–Trinajstić information content (AvgIpc) is 2.92. The number of rotatable bonds is 5. The molecule has 2 aromatic heterocycles. The van der Waals surface area contributed by atoms with Crippen LogP contribution in [0.3, 0.4) is 0 Å². The number of nitrogens with one attached hydrogen (secondary N) is 1. The van der Waals surface area contributed by atoms with Crippen molar-refractivity contribution < 1.29 is 0 Å². The van der Waals surface area contributed by atoms with Crippen LogP contribution in [-0.2, 0) is 6.42 Å². The van der Waals surface area contributed by atoms with Crippen LogP contribution in [0.5, 0.6) is 0 Å². The molecule has 5 heteroatoms. The molecule has 4 nitrogen and oxygen atoms in total. The first-order chi connectivity index (χ1) is 10.2. The van der Waals surface area contributed by atoms with Gasteiger partial charge in [-0.1, -0.05) is 20.3 Å². The van der Waals surface area contributed by atoms with Crippen LogP contribution in [0.15, 0.2) is 22.3 Å². The number of nitriles is 1. The molecule has 0 saturated carbocycles. The van der Waals surface area contributed by atoms with Gasteiger partial charge in [0.05, 0.1) is 5.56 Å². The first-order valence-corrected chi connectivity index (χ1v) is 7.84. The zero-order valence-corrected chi connectivity index (χ0v) is 13.0. The van der Waals surface area contributed by atoms with Gasteiger partial charge in [-0.15, -0.1) is 11.3 Å². The first-order valence-electron chi connectivity index (χ1n) is 6.96. The highest BCUT2D eigenvalue weighted by Gasteiger charge is 2.07. The predicted octanol–water partition coefficient (Wildman–Crippen LogP) is 3.61. The molecule has 0 atom stereocenters. The summed E-state index contributed by atoms with van der Waals surface area (Å²) in [6, 6.07) is 5.52. The van der Waals surface area contributed by atoms with Gasteiger partial charge in [-0.3, -0.25) is 4.79 Å². The molecule has 0 aromatic carbocycles. The second kappa shape index (κ2) is 7.00. The summed E-state index contributed by atoms with van der Waals surface area (Å²) < 4.78 is 0. The molecule has 21 heavy (non-hydrogen) atoms. The van der Waals surface area contributed by atoms with E-state index in [4.69, 9.17) is 5.26 Å². The molecular formula is C16H17N3OS. The van der Waals surface area contributed by atoms with Crippen LogP contribution < -0.4 is 5.56 Å². The maximum absolute atomic E-state index is 11.7. The Morgan fingerprint density at radius 1 is 1.48 bits per heavy atom. The third kappa shape index (κ3) is 3.89. The third-order valence-corrected chi connectivity index (χ3v) is 3.93. The van der Waals surface area contributed by atoms with Crippen molar-refractivity contribution in [2.45, 2.75) is 33.1 Å². The van der Waals surface area contributed by atoms with E-state index in [1.807, 2.05) is 24.4 Å². The average molecular weight is 299 g/mol. The number of aryl methyl sites for hydroxylation is 1. The molecule has 2 heterocycles. The normalized spacial score (nSPS) is 11.4. The van der Waals surface area contributed by atoms with Gasteiger partial charge in [0.1, 0.15) is 11.9 Å². The summed E-state index contributed by atoms with van der Waals surface area (Å²) in [5.74, 6) is 0.625. The Balaban J connectivity index is 2.41. The summed E-state index contributed by atoms with van der Waals surface area (Å²) in [4.78, 5) is 20.1. The molecule has 0 aliphatic rings. The van der Waals surface area contributed by atoms with Gasteiger partial charge in [0.25, 0.3) is 5.56 Å². The second-order valence-electron chi connectivity index (χ2n) is 4.71. The molecule has 1 N–H and O–H groups in total. The van der Waals surface area contributed by atoms with Crippen LogP contribution in [0, 0.1) is 11.3 Å². The maximum Gasteiger partial charge on any atom is 0.251 e. The van der Waals surface area contributed by atoms with Crippen LogP contribution in [0.25, 0.3) is 11.6 Å². The Hall–Kier alpha value is -2.19. The Morgan fingerprint density at radius 2 is 2.29 bits per heavy atom. The molecule has 0 saturated heterocycles. The number of allylic oxidation sites excluding steroid dienone is 1. The van der Waals surface area contributed by atoms with Gasteiger partial charge in [0.15, 0.2) is 0 Å². The van der Waals surface area contributed by atoms with Gasteiger partial charge in [-0.25, -0.2) is 4.98 Å². The van der Waals surface area contributed by atoms with Crippen molar-refractivity contribution in [1.82, 2.24) is 9.97 Å². The van der Waals surface area contributed by atoms with Gasteiger partial charge >= 0.3 is 0 Å². The van der Waals surface area contributed by atoms with Crippen molar-refractivity contribution in [3.63, 3.8) is 0 Å². The van der Waals surface area contributed by atoms with Gasteiger partial charge in [0.2, 0.25) is 0 Å². The Bertz CT molecular complexity index is 749. The number of aromatic nitrogens is 2. The van der Waals surface area contributed by atoms with E-state index in [1.165, 1.54) is 11.3 Å². The lowest BCUT2D eigenvalue weighted by Crippen LogP contribution is -2.12. The lowest BCUT2D eigenvalue weighted by molar-refractivity contribution is 0.857. The van der Waals surface area contributed by atoms with Gasteiger partial charge in [0, 0.05) is 22.0 Å². The molecule has 0 fully saturated rings. The molecule has 0 radical (unpaired) electrons. The minimum absolute atomic E-state index is 0.119. The molecule has 0 aliphatic carbocycles. The smallest absolute Gasteiger partial charge is 0.251 e. The highest BCUT2D eigenvalue weighted by atomic mass is 32.1.